The minimum absolute atomic E-state index is 0.234. The Morgan fingerprint density at radius 3 is 2.62 bits per heavy atom. The molecule has 0 aliphatic heterocycles. The van der Waals surface area contributed by atoms with E-state index < -0.39 is 23.6 Å². The van der Waals surface area contributed by atoms with Crippen LogP contribution in [0.4, 0.5) is 24.0 Å². The lowest BCUT2D eigenvalue weighted by Gasteiger charge is -2.13. The summed E-state index contributed by atoms with van der Waals surface area (Å²) in [7, 11) is 1.45. The van der Waals surface area contributed by atoms with Gasteiger partial charge in [-0.05, 0) is 24.6 Å². The first-order valence-corrected chi connectivity index (χ1v) is 11.6. The summed E-state index contributed by atoms with van der Waals surface area (Å²) in [6, 6.07) is 7.95. The normalized spacial score (nSPS) is 12.4. The molecule has 0 spiro atoms. The summed E-state index contributed by atoms with van der Waals surface area (Å²) in [6.45, 7) is 1.52. The summed E-state index contributed by atoms with van der Waals surface area (Å²) >= 11 is 2.45. The molecule has 0 saturated heterocycles. The number of rotatable bonds is 6. The molecule has 2 aromatic carbocycles. The Labute approximate surface area is 199 Å². The van der Waals surface area contributed by atoms with E-state index in [1.165, 1.54) is 37.5 Å². The van der Waals surface area contributed by atoms with Gasteiger partial charge >= 0.3 is 6.18 Å². The van der Waals surface area contributed by atoms with Gasteiger partial charge in [0.25, 0.3) is 5.91 Å². The van der Waals surface area contributed by atoms with Gasteiger partial charge in [-0.2, -0.15) is 13.2 Å². The lowest BCUT2D eigenvalue weighted by molar-refractivity contribution is -0.137. The van der Waals surface area contributed by atoms with E-state index in [1.54, 1.807) is 23.0 Å². The van der Waals surface area contributed by atoms with Crippen molar-refractivity contribution in [3.63, 3.8) is 0 Å². The minimum atomic E-state index is -4.50. The zero-order valence-electron chi connectivity index (χ0n) is 17.8. The molecule has 4 rings (SSSR count). The summed E-state index contributed by atoms with van der Waals surface area (Å²) in [6.07, 6.45) is -4.50. The van der Waals surface area contributed by atoms with Crippen LogP contribution >= 0.6 is 22.7 Å². The van der Waals surface area contributed by atoms with Crippen molar-refractivity contribution in [3.05, 3.63) is 64.1 Å². The van der Waals surface area contributed by atoms with Gasteiger partial charge in [-0.1, -0.05) is 29.5 Å². The molecule has 7 nitrogen and oxygen atoms in total. The quantitative estimate of drug-likeness (QED) is 0.346. The Balaban J connectivity index is 1.55. The first-order chi connectivity index (χ1) is 16.2. The number of amides is 2. The van der Waals surface area contributed by atoms with Gasteiger partial charge in [0, 0.05) is 17.1 Å². The molecule has 1 atom stereocenters. The Morgan fingerprint density at radius 2 is 1.94 bits per heavy atom. The number of anilines is 2. The zero-order valence-corrected chi connectivity index (χ0v) is 19.4. The smallest absolute Gasteiger partial charge is 0.416 e. The van der Waals surface area contributed by atoms with Crippen LogP contribution in [-0.2, 0) is 11.0 Å². The maximum absolute atomic E-state index is 13.0. The van der Waals surface area contributed by atoms with E-state index in [2.05, 4.69) is 20.6 Å². The number of nitrogens with one attached hydrogen (secondary N) is 2. The van der Waals surface area contributed by atoms with Crippen molar-refractivity contribution >= 4 is 55.5 Å². The fraction of sp³-hybridized carbons (Fsp3) is 0.182. The van der Waals surface area contributed by atoms with Crippen LogP contribution in [0.2, 0.25) is 0 Å². The van der Waals surface area contributed by atoms with Gasteiger partial charge < -0.3 is 15.4 Å². The fourth-order valence-electron chi connectivity index (χ4n) is 3.15. The average molecular weight is 507 g/mol. The highest BCUT2D eigenvalue weighted by atomic mass is 32.1. The molecular weight excluding hydrogens is 489 g/mol. The number of nitrogens with zero attached hydrogens (tertiary/aromatic N) is 2. The molecule has 0 bridgehead atoms. The van der Waals surface area contributed by atoms with Gasteiger partial charge in [-0.25, -0.2) is 9.97 Å². The van der Waals surface area contributed by atoms with E-state index in [0.717, 1.165) is 23.5 Å². The van der Waals surface area contributed by atoms with Gasteiger partial charge in [0.2, 0.25) is 5.91 Å². The van der Waals surface area contributed by atoms with Crippen LogP contribution in [0, 0.1) is 0 Å². The second-order valence-corrected chi connectivity index (χ2v) is 8.96. The molecule has 2 heterocycles. The number of aromatic nitrogens is 2. The van der Waals surface area contributed by atoms with Crippen LogP contribution in [0.25, 0.3) is 10.2 Å². The van der Waals surface area contributed by atoms with Crippen LogP contribution in [-0.4, -0.2) is 28.9 Å². The molecule has 0 radical (unpaired) electrons. The average Bonchev–Trinajstić information content (AvgIpc) is 3.47. The van der Waals surface area contributed by atoms with E-state index >= 15 is 0 Å². The maximum atomic E-state index is 13.0. The van der Waals surface area contributed by atoms with Crippen molar-refractivity contribution < 1.29 is 27.5 Å². The Morgan fingerprint density at radius 1 is 1.15 bits per heavy atom. The molecular formula is C22H17F3N4O3S2. The monoisotopic (exact) mass is 506 g/mol. The van der Waals surface area contributed by atoms with E-state index in [0.29, 0.717) is 21.7 Å². The van der Waals surface area contributed by atoms with Gasteiger partial charge in [-0.3, -0.25) is 9.59 Å². The number of methoxy groups -OCH3 is 1. The number of ether oxygens (including phenoxy) is 1. The number of alkyl halides is 3. The first kappa shape index (κ1) is 23.6. The largest absolute Gasteiger partial charge is 0.494 e. The van der Waals surface area contributed by atoms with E-state index in [1.807, 2.05) is 0 Å². The standard InChI is InChI=1S/C22H17F3N4O3S2/c1-11(12-4-3-5-13(6-12)22(23,24)25)19(30)29-21-28-18-16(32-2)7-14(8-17(18)34-21)27-20(31)15-9-33-10-26-15/h3-11H,1-2H3,(H,27,31)(H,28,29,30). The number of halogens is 3. The van der Waals surface area contributed by atoms with Crippen molar-refractivity contribution in [2.45, 2.75) is 19.0 Å². The second-order valence-electron chi connectivity index (χ2n) is 7.21. The van der Waals surface area contributed by atoms with Crippen molar-refractivity contribution in [2.24, 2.45) is 0 Å². The number of thiazole rings is 2. The van der Waals surface area contributed by atoms with Crippen LogP contribution in [0.1, 0.15) is 34.5 Å². The summed E-state index contributed by atoms with van der Waals surface area (Å²) in [5.74, 6) is -1.34. The number of carbonyl (C=O) groups is 2. The van der Waals surface area contributed by atoms with Crippen molar-refractivity contribution in [1.29, 1.82) is 0 Å². The van der Waals surface area contributed by atoms with Gasteiger partial charge in [0.05, 0.1) is 28.8 Å². The number of fused-ring (bicyclic) bond motifs is 1. The van der Waals surface area contributed by atoms with Crippen molar-refractivity contribution in [3.8, 4) is 5.75 Å². The Hall–Kier alpha value is -3.51. The molecule has 0 fully saturated rings. The first-order valence-electron chi connectivity index (χ1n) is 9.82. The molecule has 0 saturated carbocycles. The molecule has 2 aromatic heterocycles. The third-order valence-electron chi connectivity index (χ3n) is 4.94. The molecule has 0 aliphatic rings. The highest BCUT2D eigenvalue weighted by Crippen LogP contribution is 2.36. The van der Waals surface area contributed by atoms with Crippen LogP contribution in [0.3, 0.4) is 0 Å². The Bertz CT molecular complexity index is 1350. The van der Waals surface area contributed by atoms with E-state index in [4.69, 9.17) is 4.74 Å². The van der Waals surface area contributed by atoms with Crippen LogP contribution in [0.5, 0.6) is 5.75 Å². The molecule has 2 N–H and O–H groups in total. The fourth-order valence-corrected chi connectivity index (χ4v) is 4.61. The van der Waals surface area contributed by atoms with Gasteiger partial charge in [-0.15, -0.1) is 11.3 Å². The number of hydrogen-bond donors (Lipinski definition) is 2. The summed E-state index contributed by atoms with van der Waals surface area (Å²) in [4.78, 5) is 33.4. The number of hydrogen-bond acceptors (Lipinski definition) is 7. The van der Waals surface area contributed by atoms with Crippen LogP contribution < -0.4 is 15.4 Å². The number of benzene rings is 2. The van der Waals surface area contributed by atoms with Crippen LogP contribution in [0.15, 0.2) is 47.3 Å². The number of carbonyl (C=O) groups excluding carboxylic acids is 2. The highest BCUT2D eigenvalue weighted by Gasteiger charge is 2.31. The molecule has 12 heteroatoms. The van der Waals surface area contributed by atoms with Crippen molar-refractivity contribution in [2.75, 3.05) is 17.7 Å². The van der Waals surface area contributed by atoms with E-state index in [-0.39, 0.29) is 22.3 Å². The second kappa shape index (κ2) is 9.39. The highest BCUT2D eigenvalue weighted by molar-refractivity contribution is 7.22. The summed E-state index contributed by atoms with van der Waals surface area (Å²) in [5.41, 5.74) is 2.18. The predicted molar refractivity (Wildman–Crippen MR) is 125 cm³/mol. The SMILES string of the molecule is COc1cc(NC(=O)c2cscn2)cc2sc(NC(=O)C(C)c3cccc(C(F)(F)F)c3)nc12. The maximum Gasteiger partial charge on any atom is 0.416 e. The molecule has 1 unspecified atom stereocenters. The molecule has 2 amide bonds. The lowest BCUT2D eigenvalue weighted by Crippen LogP contribution is -2.19. The topological polar surface area (TPSA) is 93.2 Å². The zero-order chi connectivity index (χ0) is 24.5. The van der Waals surface area contributed by atoms with Gasteiger partial charge in [0.1, 0.15) is 17.0 Å². The molecule has 176 valence electrons. The summed E-state index contributed by atoms with van der Waals surface area (Å²) in [5, 5.41) is 7.27. The minimum Gasteiger partial charge on any atom is -0.494 e. The Kier molecular flexibility index (Phi) is 6.53. The molecule has 0 aliphatic carbocycles. The van der Waals surface area contributed by atoms with Gasteiger partial charge in [0.15, 0.2) is 5.13 Å². The van der Waals surface area contributed by atoms with Crippen molar-refractivity contribution in [1.82, 2.24) is 9.97 Å². The van der Waals surface area contributed by atoms with E-state index in [9.17, 15) is 22.8 Å². The lowest BCUT2D eigenvalue weighted by atomic mass is 9.98. The third kappa shape index (κ3) is 5.02. The molecule has 4 aromatic rings. The third-order valence-corrected chi connectivity index (χ3v) is 6.44. The predicted octanol–water partition coefficient (Wildman–Crippen LogP) is 5.77. The summed E-state index contributed by atoms with van der Waals surface area (Å²) < 4.78 is 45.0. The molecule has 34 heavy (non-hydrogen) atoms.